The topological polar surface area (TPSA) is 85.8 Å². The van der Waals surface area contributed by atoms with E-state index in [1.54, 1.807) is 6.07 Å². The first-order valence-corrected chi connectivity index (χ1v) is 12.5. The van der Waals surface area contributed by atoms with E-state index in [1.165, 1.54) is 18.5 Å². The van der Waals surface area contributed by atoms with Crippen LogP contribution >= 0.6 is 11.6 Å². The Hall–Kier alpha value is -3.17. The average molecular weight is 515 g/mol. The minimum absolute atomic E-state index is 0.0233. The van der Waals surface area contributed by atoms with Crippen LogP contribution in [0.2, 0.25) is 5.02 Å². The van der Waals surface area contributed by atoms with Crippen molar-refractivity contribution >= 4 is 40.0 Å². The van der Waals surface area contributed by atoms with Gasteiger partial charge >= 0.3 is 5.97 Å². The largest absolute Gasteiger partial charge is 0.488 e. The number of halogens is 2. The molecular weight excluding hydrogens is 487 g/mol. The molecule has 10 heteroatoms. The van der Waals surface area contributed by atoms with Crippen molar-refractivity contribution in [2.45, 2.75) is 44.2 Å². The Morgan fingerprint density at radius 1 is 1.17 bits per heavy atom. The van der Waals surface area contributed by atoms with Gasteiger partial charge in [-0.15, -0.1) is 0 Å². The van der Waals surface area contributed by atoms with Crippen molar-refractivity contribution in [2.75, 3.05) is 32.1 Å². The summed E-state index contributed by atoms with van der Waals surface area (Å²) in [6.45, 7) is 1.39. The smallest absolute Gasteiger partial charge is 0.323 e. The number of cyclic esters (lactones) is 1. The summed E-state index contributed by atoms with van der Waals surface area (Å²) in [7, 11) is 1.89. The Labute approximate surface area is 213 Å². The van der Waals surface area contributed by atoms with Gasteiger partial charge in [0.2, 0.25) is 0 Å². The number of esters is 1. The van der Waals surface area contributed by atoms with Crippen LogP contribution in [0, 0.1) is 5.82 Å². The predicted octanol–water partition coefficient (Wildman–Crippen LogP) is 5.11. The quantitative estimate of drug-likeness (QED) is 0.394. The molecule has 0 amide bonds. The summed E-state index contributed by atoms with van der Waals surface area (Å²) < 4.78 is 31.2. The number of likely N-dealkylation sites (N-methyl/N-ethyl adjacent to an activating group) is 1. The minimum atomic E-state index is -0.487. The molecule has 1 saturated heterocycles. The number of anilines is 2. The number of benzene rings is 2. The van der Waals surface area contributed by atoms with Gasteiger partial charge in [0.1, 0.15) is 30.6 Å². The predicted molar refractivity (Wildman–Crippen MR) is 135 cm³/mol. The first-order valence-electron chi connectivity index (χ1n) is 12.1. The van der Waals surface area contributed by atoms with E-state index in [1.807, 2.05) is 24.1 Å². The lowest BCUT2D eigenvalue weighted by molar-refractivity contribution is -0.142. The zero-order valence-electron chi connectivity index (χ0n) is 20.0. The van der Waals surface area contributed by atoms with Crippen LogP contribution in [0.15, 0.2) is 36.7 Å². The van der Waals surface area contributed by atoms with Gasteiger partial charge in [-0.3, -0.25) is 9.69 Å². The Morgan fingerprint density at radius 3 is 2.75 bits per heavy atom. The molecule has 1 aromatic heterocycles. The molecule has 1 atom stereocenters. The van der Waals surface area contributed by atoms with Crippen molar-refractivity contribution in [3.05, 3.63) is 47.5 Å². The van der Waals surface area contributed by atoms with Gasteiger partial charge < -0.3 is 19.5 Å². The van der Waals surface area contributed by atoms with Crippen molar-refractivity contribution in [3.63, 3.8) is 0 Å². The monoisotopic (exact) mass is 514 g/mol. The lowest BCUT2D eigenvalue weighted by Gasteiger charge is -2.22. The van der Waals surface area contributed by atoms with E-state index in [0.29, 0.717) is 54.7 Å². The molecule has 5 rings (SSSR count). The first kappa shape index (κ1) is 24.5. The summed E-state index contributed by atoms with van der Waals surface area (Å²) in [5.74, 6) is 1.08. The van der Waals surface area contributed by atoms with Crippen LogP contribution in [-0.4, -0.2) is 59.8 Å². The third-order valence-corrected chi connectivity index (χ3v) is 6.91. The van der Waals surface area contributed by atoms with E-state index in [2.05, 4.69) is 15.3 Å². The van der Waals surface area contributed by atoms with Crippen LogP contribution in [-0.2, 0) is 9.53 Å². The van der Waals surface area contributed by atoms with Gasteiger partial charge in [-0.05, 0) is 57.0 Å². The molecule has 2 fully saturated rings. The van der Waals surface area contributed by atoms with Crippen LogP contribution in [0.25, 0.3) is 10.9 Å². The van der Waals surface area contributed by atoms with Crippen molar-refractivity contribution in [3.8, 4) is 11.5 Å². The van der Waals surface area contributed by atoms with Crippen molar-refractivity contribution in [1.82, 2.24) is 14.9 Å². The molecule has 2 aliphatic rings. The van der Waals surface area contributed by atoms with Gasteiger partial charge in [-0.25, -0.2) is 14.4 Å². The summed E-state index contributed by atoms with van der Waals surface area (Å²) >= 11 is 5.95. The SMILES string of the molecule is CN(CCOc1cc2ncnc(Nc3ccc(F)c(Cl)c3)c2cc1OC1CCCC1)C1CCOC1=O. The average Bonchev–Trinajstić information content (AvgIpc) is 3.53. The summed E-state index contributed by atoms with van der Waals surface area (Å²) in [4.78, 5) is 22.6. The lowest BCUT2D eigenvalue weighted by Crippen LogP contribution is -2.37. The maximum atomic E-state index is 13.6. The summed E-state index contributed by atoms with van der Waals surface area (Å²) in [5.41, 5.74) is 1.27. The second kappa shape index (κ2) is 10.8. The van der Waals surface area contributed by atoms with Gasteiger partial charge in [-0.2, -0.15) is 0 Å². The molecule has 1 N–H and O–H groups in total. The minimum Gasteiger partial charge on any atom is -0.488 e. The van der Waals surface area contributed by atoms with Gasteiger partial charge in [0.25, 0.3) is 0 Å². The lowest BCUT2D eigenvalue weighted by atomic mass is 10.2. The van der Waals surface area contributed by atoms with Crippen LogP contribution < -0.4 is 14.8 Å². The van der Waals surface area contributed by atoms with Gasteiger partial charge in [0.15, 0.2) is 11.5 Å². The highest BCUT2D eigenvalue weighted by molar-refractivity contribution is 6.31. The zero-order valence-corrected chi connectivity index (χ0v) is 20.8. The molecule has 2 aromatic carbocycles. The van der Waals surface area contributed by atoms with Crippen molar-refractivity contribution in [2.24, 2.45) is 0 Å². The maximum Gasteiger partial charge on any atom is 0.323 e. The van der Waals surface area contributed by atoms with E-state index < -0.39 is 5.82 Å². The van der Waals surface area contributed by atoms with Crippen molar-refractivity contribution in [1.29, 1.82) is 0 Å². The molecule has 1 unspecified atom stereocenters. The van der Waals surface area contributed by atoms with E-state index in [-0.39, 0.29) is 23.1 Å². The number of rotatable bonds is 9. The molecule has 0 bridgehead atoms. The van der Waals surface area contributed by atoms with E-state index in [0.717, 1.165) is 31.1 Å². The Morgan fingerprint density at radius 2 is 2.00 bits per heavy atom. The second-order valence-corrected chi connectivity index (χ2v) is 9.52. The molecule has 1 aliphatic carbocycles. The highest BCUT2D eigenvalue weighted by atomic mass is 35.5. The molecule has 2 heterocycles. The fourth-order valence-corrected chi connectivity index (χ4v) is 4.79. The molecule has 0 spiro atoms. The molecule has 36 heavy (non-hydrogen) atoms. The molecule has 1 aliphatic heterocycles. The van der Waals surface area contributed by atoms with Crippen LogP contribution in [0.5, 0.6) is 11.5 Å². The van der Waals surface area contributed by atoms with Gasteiger partial charge in [0.05, 0.1) is 23.3 Å². The number of hydrogen-bond acceptors (Lipinski definition) is 8. The van der Waals surface area contributed by atoms with Gasteiger partial charge in [0, 0.05) is 30.1 Å². The summed E-state index contributed by atoms with van der Waals surface area (Å²) in [6, 6.07) is 7.90. The molecule has 0 radical (unpaired) electrons. The normalized spacial score (nSPS) is 18.1. The van der Waals surface area contributed by atoms with Crippen LogP contribution in [0.3, 0.4) is 0 Å². The highest BCUT2D eigenvalue weighted by Gasteiger charge is 2.30. The maximum absolute atomic E-state index is 13.6. The fourth-order valence-electron chi connectivity index (χ4n) is 4.61. The van der Waals surface area contributed by atoms with Crippen molar-refractivity contribution < 1.29 is 23.4 Å². The number of fused-ring (bicyclic) bond motifs is 1. The third kappa shape index (κ3) is 5.47. The highest BCUT2D eigenvalue weighted by Crippen LogP contribution is 2.37. The number of carbonyl (C=O) groups is 1. The fraction of sp³-hybridized carbons (Fsp3) is 0.423. The number of hydrogen-bond donors (Lipinski definition) is 1. The van der Waals surface area contributed by atoms with Gasteiger partial charge in [-0.1, -0.05) is 11.6 Å². The summed E-state index contributed by atoms with van der Waals surface area (Å²) in [5, 5.41) is 3.96. The number of carbonyl (C=O) groups excluding carboxylic acids is 1. The van der Waals surface area contributed by atoms with Crippen LogP contribution in [0.1, 0.15) is 32.1 Å². The summed E-state index contributed by atoms with van der Waals surface area (Å²) in [6.07, 6.45) is 6.53. The first-order chi connectivity index (χ1) is 17.5. The number of ether oxygens (including phenoxy) is 3. The number of aromatic nitrogens is 2. The standard InChI is InChI=1S/C26H28ClFN4O4/c1-32(22-8-10-35-26(22)33)9-11-34-23-14-21-18(13-24(23)36-17-4-2-3-5-17)25(30-15-29-21)31-16-6-7-20(28)19(27)12-16/h6-7,12-15,17,22H,2-5,8-11H2,1H3,(H,29,30,31). The van der Waals surface area contributed by atoms with Crippen LogP contribution in [0.4, 0.5) is 15.9 Å². The molecule has 190 valence electrons. The molecule has 8 nitrogen and oxygen atoms in total. The third-order valence-electron chi connectivity index (χ3n) is 6.62. The Balaban J connectivity index is 1.39. The second-order valence-electron chi connectivity index (χ2n) is 9.12. The van der Waals surface area contributed by atoms with E-state index >= 15 is 0 Å². The number of nitrogens with zero attached hydrogens (tertiary/aromatic N) is 3. The zero-order chi connectivity index (χ0) is 25.1. The Bertz CT molecular complexity index is 1250. The van der Waals surface area contributed by atoms with E-state index in [9.17, 15) is 9.18 Å². The Kier molecular flexibility index (Phi) is 7.38. The molecule has 1 saturated carbocycles. The number of nitrogens with one attached hydrogen (secondary N) is 1. The van der Waals surface area contributed by atoms with E-state index in [4.69, 9.17) is 25.8 Å². The molecular formula is C26H28ClFN4O4. The molecule has 3 aromatic rings.